The lowest BCUT2D eigenvalue weighted by Gasteiger charge is -2.03. The van der Waals surface area contributed by atoms with E-state index < -0.39 is 5.91 Å². The molecule has 0 radical (unpaired) electrons. The van der Waals surface area contributed by atoms with Crippen LogP contribution in [-0.4, -0.2) is 12.5 Å². The molecule has 0 aliphatic carbocycles. The van der Waals surface area contributed by atoms with E-state index in [0.717, 1.165) is 12.8 Å². The number of carbonyl (C=O) groups excluding carboxylic acids is 1. The molecular weight excluding hydrogens is 256 g/mol. The molecule has 1 amide bonds. The highest BCUT2D eigenvalue weighted by atomic mass is 16.5. The molecule has 0 bridgehead atoms. The van der Waals surface area contributed by atoms with Crippen molar-refractivity contribution >= 4 is 5.91 Å². The summed E-state index contributed by atoms with van der Waals surface area (Å²) < 4.78 is 10.8. The second-order valence-corrected chi connectivity index (χ2v) is 4.38. The normalized spacial score (nSPS) is 10.4. The van der Waals surface area contributed by atoms with E-state index in [2.05, 4.69) is 12.1 Å². The van der Waals surface area contributed by atoms with Gasteiger partial charge in [0.15, 0.2) is 5.76 Å². The van der Waals surface area contributed by atoms with Crippen LogP contribution in [0, 0.1) is 0 Å². The van der Waals surface area contributed by atoms with Crippen LogP contribution in [0.4, 0.5) is 0 Å². The maximum Gasteiger partial charge on any atom is 0.300 e. The van der Waals surface area contributed by atoms with E-state index in [0.29, 0.717) is 19.0 Å². The summed E-state index contributed by atoms with van der Waals surface area (Å²) in [7, 11) is 0. The minimum absolute atomic E-state index is 0.190. The monoisotopic (exact) mass is 274 g/mol. The fourth-order valence-electron chi connectivity index (χ4n) is 1.84. The summed E-state index contributed by atoms with van der Waals surface area (Å²) in [6, 6.07) is 13.6. The molecule has 106 valence electrons. The Morgan fingerprint density at radius 3 is 2.75 bits per heavy atom. The highest BCUT2D eigenvalue weighted by Gasteiger charge is 2.09. The predicted octanol–water partition coefficient (Wildman–Crippen LogP) is 2.03. The van der Waals surface area contributed by atoms with Crippen LogP contribution in [-0.2, 0) is 17.8 Å². The van der Waals surface area contributed by atoms with Crippen molar-refractivity contribution < 1.29 is 13.9 Å². The Morgan fingerprint density at radius 1 is 1.20 bits per heavy atom. The topological polar surface area (TPSA) is 77.5 Å². The first-order valence-electron chi connectivity index (χ1n) is 6.51. The van der Waals surface area contributed by atoms with Crippen LogP contribution in [0.2, 0.25) is 0 Å². The van der Waals surface area contributed by atoms with E-state index in [4.69, 9.17) is 15.0 Å². The molecule has 0 saturated heterocycles. The Morgan fingerprint density at radius 2 is 2.00 bits per heavy atom. The van der Waals surface area contributed by atoms with Crippen molar-refractivity contribution in [2.45, 2.75) is 19.4 Å². The van der Waals surface area contributed by atoms with Gasteiger partial charge in [-0.15, -0.1) is 0 Å². The molecule has 20 heavy (non-hydrogen) atoms. The van der Waals surface area contributed by atoms with E-state index in [9.17, 15) is 4.79 Å². The molecule has 0 fully saturated rings. The maximum atomic E-state index is 11.2. The number of aryl methyl sites for hydroxylation is 1. The number of benzene rings is 1. The molecule has 0 saturated carbocycles. The number of nitrogens with two attached hydrogens (primary N) is 1. The van der Waals surface area contributed by atoms with Crippen LogP contribution in [0.15, 0.2) is 46.9 Å². The Hall–Kier alpha value is -2.11. The minimum Gasteiger partial charge on any atom is -0.453 e. The number of hydrogen-bond donors (Lipinski definition) is 2. The third-order valence-electron chi connectivity index (χ3n) is 2.86. The summed E-state index contributed by atoms with van der Waals surface area (Å²) in [5.74, 6) is 5.38. The fraction of sp³-hybridized carbons (Fsp3) is 0.267. The average Bonchev–Trinajstić information content (AvgIpc) is 2.96. The third kappa shape index (κ3) is 4.22. The van der Waals surface area contributed by atoms with Crippen LogP contribution in [0.3, 0.4) is 0 Å². The van der Waals surface area contributed by atoms with Gasteiger partial charge in [0.2, 0.25) is 0 Å². The highest BCUT2D eigenvalue weighted by Crippen LogP contribution is 2.09. The van der Waals surface area contributed by atoms with E-state index in [1.165, 1.54) is 5.56 Å². The van der Waals surface area contributed by atoms with Crippen molar-refractivity contribution in [3.63, 3.8) is 0 Å². The smallest absolute Gasteiger partial charge is 0.300 e. The summed E-state index contributed by atoms with van der Waals surface area (Å²) in [5, 5.41) is 0. The van der Waals surface area contributed by atoms with Gasteiger partial charge >= 0.3 is 5.91 Å². The van der Waals surface area contributed by atoms with Gasteiger partial charge in [-0.1, -0.05) is 30.3 Å². The molecule has 5 nitrogen and oxygen atoms in total. The summed E-state index contributed by atoms with van der Waals surface area (Å²) in [4.78, 5) is 11.2. The number of nitrogens with one attached hydrogen (secondary N) is 1. The average molecular weight is 274 g/mol. The van der Waals surface area contributed by atoms with Crippen molar-refractivity contribution in [2.24, 2.45) is 5.84 Å². The zero-order chi connectivity index (χ0) is 14.2. The molecule has 2 rings (SSSR count). The second-order valence-electron chi connectivity index (χ2n) is 4.38. The number of amides is 1. The zero-order valence-electron chi connectivity index (χ0n) is 11.2. The lowest BCUT2D eigenvalue weighted by Crippen LogP contribution is -2.29. The van der Waals surface area contributed by atoms with Gasteiger partial charge < -0.3 is 9.15 Å². The molecular formula is C15H18N2O3. The van der Waals surface area contributed by atoms with E-state index in [1.54, 1.807) is 12.1 Å². The number of ether oxygens (including phenoxy) is 1. The standard InChI is InChI=1S/C15H18N2O3/c16-17-15(18)14-9-8-13(20-14)11-19-10-4-7-12-5-2-1-3-6-12/h1-3,5-6,8-9H,4,7,10-11,16H2,(H,17,18). The lowest BCUT2D eigenvalue weighted by atomic mass is 10.1. The van der Waals surface area contributed by atoms with Crippen molar-refractivity contribution in [1.29, 1.82) is 0 Å². The molecule has 0 unspecified atom stereocenters. The third-order valence-corrected chi connectivity index (χ3v) is 2.86. The Balaban J connectivity index is 1.66. The number of nitrogen functional groups attached to an aromatic ring is 1. The summed E-state index contributed by atoms with van der Waals surface area (Å²) in [6.07, 6.45) is 1.93. The number of hydrogen-bond acceptors (Lipinski definition) is 4. The zero-order valence-corrected chi connectivity index (χ0v) is 11.2. The largest absolute Gasteiger partial charge is 0.453 e. The van der Waals surface area contributed by atoms with Gasteiger partial charge in [0.1, 0.15) is 12.4 Å². The van der Waals surface area contributed by atoms with E-state index in [1.807, 2.05) is 23.6 Å². The van der Waals surface area contributed by atoms with Crippen LogP contribution in [0.25, 0.3) is 0 Å². The van der Waals surface area contributed by atoms with Gasteiger partial charge in [0.25, 0.3) is 0 Å². The van der Waals surface area contributed by atoms with E-state index in [-0.39, 0.29) is 5.76 Å². The quantitative estimate of drug-likeness (QED) is 0.350. The molecule has 1 aromatic carbocycles. The first kappa shape index (κ1) is 14.3. The second kappa shape index (κ2) is 7.47. The highest BCUT2D eigenvalue weighted by molar-refractivity contribution is 5.90. The predicted molar refractivity (Wildman–Crippen MR) is 74.8 cm³/mol. The van der Waals surface area contributed by atoms with Crippen LogP contribution >= 0.6 is 0 Å². The van der Waals surface area contributed by atoms with Gasteiger partial charge in [0, 0.05) is 6.61 Å². The number of furan rings is 1. The van der Waals surface area contributed by atoms with Gasteiger partial charge in [-0.3, -0.25) is 10.2 Å². The van der Waals surface area contributed by atoms with Gasteiger partial charge in [0.05, 0.1) is 0 Å². The first-order chi connectivity index (χ1) is 9.79. The van der Waals surface area contributed by atoms with Crippen molar-refractivity contribution in [2.75, 3.05) is 6.61 Å². The molecule has 5 heteroatoms. The number of rotatable bonds is 7. The Bertz CT molecular complexity index is 537. The number of carbonyl (C=O) groups is 1. The van der Waals surface area contributed by atoms with Crippen molar-refractivity contribution in [3.8, 4) is 0 Å². The molecule has 1 heterocycles. The molecule has 1 aromatic heterocycles. The fourth-order valence-corrected chi connectivity index (χ4v) is 1.84. The Labute approximate surface area is 117 Å². The van der Waals surface area contributed by atoms with E-state index >= 15 is 0 Å². The minimum atomic E-state index is -0.444. The summed E-state index contributed by atoms with van der Waals surface area (Å²) in [5.41, 5.74) is 3.32. The SMILES string of the molecule is NNC(=O)c1ccc(COCCCc2ccccc2)o1. The van der Waals surface area contributed by atoms with Gasteiger partial charge in [-0.2, -0.15) is 0 Å². The van der Waals surface area contributed by atoms with Gasteiger partial charge in [-0.05, 0) is 30.5 Å². The Kier molecular flexibility index (Phi) is 5.34. The van der Waals surface area contributed by atoms with Crippen molar-refractivity contribution in [1.82, 2.24) is 5.43 Å². The van der Waals surface area contributed by atoms with Gasteiger partial charge in [-0.25, -0.2) is 5.84 Å². The molecule has 0 aliphatic rings. The summed E-state index contributed by atoms with van der Waals surface area (Å²) in [6.45, 7) is 1.00. The first-order valence-corrected chi connectivity index (χ1v) is 6.51. The molecule has 0 atom stereocenters. The summed E-state index contributed by atoms with van der Waals surface area (Å²) >= 11 is 0. The van der Waals surface area contributed by atoms with Crippen LogP contribution < -0.4 is 11.3 Å². The molecule has 0 spiro atoms. The van der Waals surface area contributed by atoms with Crippen LogP contribution in [0.5, 0.6) is 0 Å². The molecule has 0 aliphatic heterocycles. The molecule has 2 aromatic rings. The van der Waals surface area contributed by atoms with Crippen LogP contribution in [0.1, 0.15) is 28.3 Å². The lowest BCUT2D eigenvalue weighted by molar-refractivity contribution is 0.0891. The maximum absolute atomic E-state index is 11.2. The molecule has 3 N–H and O–H groups in total. The van der Waals surface area contributed by atoms with Crippen molar-refractivity contribution in [3.05, 3.63) is 59.5 Å². The number of hydrazine groups is 1.